The minimum absolute atomic E-state index is 0.340. The van der Waals surface area contributed by atoms with Crippen molar-refractivity contribution in [3.8, 4) is 0 Å². The maximum absolute atomic E-state index is 11.4. The Balaban J connectivity index is 2.17. The third-order valence-corrected chi connectivity index (χ3v) is 4.50. The normalized spacial score (nSPS) is 49.4. The van der Waals surface area contributed by atoms with E-state index in [0.717, 1.165) is 0 Å². The summed E-state index contributed by atoms with van der Waals surface area (Å²) in [4.78, 5) is 11.3. The first-order valence-electron chi connectivity index (χ1n) is 3.99. The highest BCUT2D eigenvalue weighted by Crippen LogP contribution is 2.41. The van der Waals surface area contributed by atoms with Gasteiger partial charge in [0.05, 0.1) is 18.1 Å². The molecule has 3 aliphatic rings. The number of hydrogen-bond acceptors (Lipinski definition) is 4. The van der Waals surface area contributed by atoms with Gasteiger partial charge in [-0.15, -0.1) is 0 Å². The van der Waals surface area contributed by atoms with Crippen LogP contribution in [0.2, 0.25) is 0 Å². The van der Waals surface area contributed by atoms with Gasteiger partial charge in [0.2, 0.25) is 15.9 Å². The van der Waals surface area contributed by atoms with Crippen molar-refractivity contribution in [1.82, 2.24) is 4.72 Å². The highest BCUT2D eigenvalue weighted by molar-refractivity contribution is 7.91. The van der Waals surface area contributed by atoms with Gasteiger partial charge in [-0.05, 0) is 0 Å². The Morgan fingerprint density at radius 2 is 2.00 bits per heavy atom. The molecule has 4 unspecified atom stereocenters. The summed E-state index contributed by atoms with van der Waals surface area (Å²) in [5.41, 5.74) is 0. The number of carbonyl (C=O) groups is 1. The third-order valence-electron chi connectivity index (χ3n) is 2.74. The van der Waals surface area contributed by atoms with Crippen LogP contribution in [0.5, 0.6) is 0 Å². The van der Waals surface area contributed by atoms with Crippen LogP contribution in [0.4, 0.5) is 0 Å². The lowest BCUT2D eigenvalue weighted by molar-refractivity contribution is -0.123. The Kier molecular flexibility index (Phi) is 1.13. The number of amides is 1. The van der Waals surface area contributed by atoms with Crippen molar-refractivity contribution in [3.63, 3.8) is 0 Å². The van der Waals surface area contributed by atoms with Crippen LogP contribution in [0, 0.1) is 5.92 Å². The van der Waals surface area contributed by atoms with Crippen molar-refractivity contribution in [2.45, 2.75) is 17.5 Å². The number of sulfonamides is 1. The standard InChI is InChI=1S/C7H7NO4S/c9-7-5-3-1-2-4(12-3)6(5)13(10,11)8-7/h1-6H,(H,8,9). The minimum Gasteiger partial charge on any atom is -0.365 e. The average Bonchev–Trinajstić information content (AvgIpc) is 2.63. The van der Waals surface area contributed by atoms with E-state index in [-0.39, 0.29) is 6.10 Å². The zero-order valence-electron chi connectivity index (χ0n) is 6.51. The first-order valence-corrected chi connectivity index (χ1v) is 5.53. The van der Waals surface area contributed by atoms with E-state index in [9.17, 15) is 13.2 Å². The van der Waals surface area contributed by atoms with E-state index in [1.54, 1.807) is 12.2 Å². The molecule has 1 N–H and O–H groups in total. The number of carbonyl (C=O) groups excluding carboxylic acids is 1. The molecule has 0 aliphatic carbocycles. The van der Waals surface area contributed by atoms with Crippen LogP contribution < -0.4 is 4.72 Å². The Morgan fingerprint density at radius 3 is 2.69 bits per heavy atom. The number of fused-ring (bicyclic) bond motifs is 5. The SMILES string of the molecule is O=C1NS(=O)(=O)C2C3C=CC(O3)C12. The van der Waals surface area contributed by atoms with Crippen LogP contribution in [0.3, 0.4) is 0 Å². The molecule has 0 radical (unpaired) electrons. The molecule has 0 saturated carbocycles. The van der Waals surface area contributed by atoms with Crippen molar-refractivity contribution >= 4 is 15.9 Å². The second-order valence-corrected chi connectivity index (χ2v) is 5.29. The van der Waals surface area contributed by atoms with Gasteiger partial charge in [-0.25, -0.2) is 8.42 Å². The average molecular weight is 201 g/mol. The van der Waals surface area contributed by atoms with Gasteiger partial charge in [-0.3, -0.25) is 9.52 Å². The lowest BCUT2D eigenvalue weighted by Gasteiger charge is -2.10. The quantitative estimate of drug-likeness (QED) is 0.498. The van der Waals surface area contributed by atoms with Gasteiger partial charge in [0.1, 0.15) is 5.25 Å². The van der Waals surface area contributed by atoms with Crippen LogP contribution in [-0.4, -0.2) is 31.8 Å². The fourth-order valence-electron chi connectivity index (χ4n) is 2.22. The predicted octanol–water partition coefficient (Wildman–Crippen LogP) is -1.23. The highest BCUT2D eigenvalue weighted by Gasteiger charge is 2.60. The van der Waals surface area contributed by atoms with Gasteiger partial charge in [0.25, 0.3) is 0 Å². The zero-order chi connectivity index (χ0) is 9.22. The molecule has 3 rings (SSSR count). The van der Waals surface area contributed by atoms with Gasteiger partial charge in [0, 0.05) is 0 Å². The molecule has 4 atom stereocenters. The minimum atomic E-state index is -3.48. The lowest BCUT2D eigenvalue weighted by Crippen LogP contribution is -2.32. The maximum atomic E-state index is 11.4. The smallest absolute Gasteiger partial charge is 0.241 e. The van der Waals surface area contributed by atoms with Crippen LogP contribution >= 0.6 is 0 Å². The summed E-state index contributed by atoms with van der Waals surface area (Å²) in [6.45, 7) is 0. The topological polar surface area (TPSA) is 72.5 Å². The molecule has 0 aromatic rings. The van der Waals surface area contributed by atoms with Gasteiger partial charge in [-0.2, -0.15) is 0 Å². The summed E-state index contributed by atoms with van der Waals surface area (Å²) in [5, 5.41) is -0.699. The molecule has 0 spiro atoms. The molecule has 5 nitrogen and oxygen atoms in total. The molecule has 3 aliphatic heterocycles. The molecule has 13 heavy (non-hydrogen) atoms. The Morgan fingerprint density at radius 1 is 1.31 bits per heavy atom. The fraction of sp³-hybridized carbons (Fsp3) is 0.571. The molecule has 3 heterocycles. The van der Waals surface area contributed by atoms with Gasteiger partial charge >= 0.3 is 0 Å². The first kappa shape index (κ1) is 7.52. The van der Waals surface area contributed by atoms with Crippen LogP contribution in [0.15, 0.2) is 12.2 Å². The third kappa shape index (κ3) is 0.750. The molecule has 0 aromatic carbocycles. The van der Waals surface area contributed by atoms with Crippen LogP contribution in [0.25, 0.3) is 0 Å². The van der Waals surface area contributed by atoms with Crippen LogP contribution in [-0.2, 0) is 19.6 Å². The number of rotatable bonds is 0. The van der Waals surface area contributed by atoms with Gasteiger partial charge in [-0.1, -0.05) is 12.2 Å². The van der Waals surface area contributed by atoms with E-state index in [4.69, 9.17) is 4.74 Å². The molecule has 70 valence electrons. The van der Waals surface area contributed by atoms with E-state index in [2.05, 4.69) is 0 Å². The van der Waals surface area contributed by atoms with Gasteiger partial charge in [0.15, 0.2) is 0 Å². The van der Waals surface area contributed by atoms with Crippen molar-refractivity contribution in [2.75, 3.05) is 0 Å². The molecule has 2 fully saturated rings. The van der Waals surface area contributed by atoms with Crippen LogP contribution in [0.1, 0.15) is 0 Å². The summed E-state index contributed by atoms with van der Waals surface area (Å²) in [7, 11) is -3.48. The molecule has 0 aromatic heterocycles. The van der Waals surface area contributed by atoms with E-state index in [0.29, 0.717) is 0 Å². The summed E-state index contributed by atoms with van der Waals surface area (Å²) < 4.78 is 30.1. The summed E-state index contributed by atoms with van der Waals surface area (Å²) in [5.74, 6) is -0.957. The van der Waals surface area contributed by atoms with E-state index >= 15 is 0 Å². The zero-order valence-corrected chi connectivity index (χ0v) is 7.32. The second kappa shape index (κ2) is 1.96. The first-order chi connectivity index (χ1) is 6.09. The summed E-state index contributed by atoms with van der Waals surface area (Å²) >= 11 is 0. The van der Waals surface area contributed by atoms with E-state index in [1.807, 2.05) is 4.72 Å². The molecule has 2 saturated heterocycles. The van der Waals surface area contributed by atoms with Gasteiger partial charge < -0.3 is 4.74 Å². The van der Waals surface area contributed by atoms with Crippen molar-refractivity contribution in [2.24, 2.45) is 5.92 Å². The molecular formula is C7H7NO4S. The monoisotopic (exact) mass is 201 g/mol. The van der Waals surface area contributed by atoms with E-state index < -0.39 is 33.2 Å². The number of ether oxygens (including phenoxy) is 1. The molecular weight excluding hydrogens is 194 g/mol. The van der Waals surface area contributed by atoms with Crippen molar-refractivity contribution in [1.29, 1.82) is 0 Å². The second-order valence-electron chi connectivity index (χ2n) is 3.45. The van der Waals surface area contributed by atoms with Crippen molar-refractivity contribution < 1.29 is 17.9 Å². The number of hydrogen-bond donors (Lipinski definition) is 1. The predicted molar refractivity (Wildman–Crippen MR) is 42.1 cm³/mol. The summed E-state index contributed by atoms with van der Waals surface area (Å²) in [6.07, 6.45) is 2.70. The highest BCUT2D eigenvalue weighted by atomic mass is 32.2. The fourth-order valence-corrected chi connectivity index (χ4v) is 3.94. The van der Waals surface area contributed by atoms with E-state index in [1.165, 1.54) is 0 Å². The maximum Gasteiger partial charge on any atom is 0.241 e. The Bertz CT molecular complexity index is 412. The molecule has 2 bridgehead atoms. The Hall–Kier alpha value is -0.880. The molecule has 6 heteroatoms. The summed E-state index contributed by atoms with van der Waals surface area (Å²) in [6, 6.07) is 0. The number of nitrogens with one attached hydrogen (secondary N) is 1. The lowest BCUT2D eigenvalue weighted by atomic mass is 9.93. The molecule has 1 amide bonds. The Labute approximate surface area is 74.8 Å². The van der Waals surface area contributed by atoms with Crippen molar-refractivity contribution in [3.05, 3.63) is 12.2 Å². The largest absolute Gasteiger partial charge is 0.365 e.